The first-order chi connectivity index (χ1) is 10.1. The van der Waals surface area contributed by atoms with Crippen molar-refractivity contribution in [2.45, 2.75) is 52.5 Å². The van der Waals surface area contributed by atoms with Gasteiger partial charge in [-0.25, -0.2) is 4.98 Å². The fourth-order valence-electron chi connectivity index (χ4n) is 3.10. The molecular formula is C16H19N3OS. The Bertz CT molecular complexity index is 781. The van der Waals surface area contributed by atoms with Gasteiger partial charge < -0.3 is 0 Å². The molecule has 21 heavy (non-hydrogen) atoms. The highest BCUT2D eigenvalue weighted by atomic mass is 32.1. The van der Waals surface area contributed by atoms with Crippen LogP contribution >= 0.6 is 11.3 Å². The van der Waals surface area contributed by atoms with Crippen molar-refractivity contribution >= 4 is 21.6 Å². The SMILES string of the molecule is Cc1nc2sc3c(c2c(=O)n1CCCC#N)CCC(C)C3. The minimum atomic E-state index is 0.0856. The van der Waals surface area contributed by atoms with E-state index in [0.29, 0.717) is 25.3 Å². The lowest BCUT2D eigenvalue weighted by molar-refractivity contribution is 0.509. The standard InChI is InChI=1S/C16H19N3OS/c1-10-5-6-12-13(9-10)21-15-14(12)16(20)19(11(2)18-15)8-4-3-7-17/h10H,3-6,8-9H2,1-2H3. The Balaban J connectivity index is 2.11. The summed E-state index contributed by atoms with van der Waals surface area (Å²) < 4.78 is 1.74. The molecule has 0 bridgehead atoms. The molecule has 0 aliphatic heterocycles. The minimum Gasteiger partial charge on any atom is -0.296 e. The third-order valence-electron chi connectivity index (χ3n) is 4.28. The van der Waals surface area contributed by atoms with E-state index in [2.05, 4.69) is 18.0 Å². The fourth-order valence-corrected chi connectivity index (χ4v) is 4.52. The van der Waals surface area contributed by atoms with Crippen LogP contribution in [0.5, 0.6) is 0 Å². The summed E-state index contributed by atoms with van der Waals surface area (Å²) in [5, 5.41) is 9.49. The number of aryl methyl sites for hydroxylation is 2. The molecule has 0 saturated carbocycles. The number of rotatable bonds is 3. The van der Waals surface area contributed by atoms with Crippen molar-refractivity contribution in [2.24, 2.45) is 5.92 Å². The second-order valence-corrected chi connectivity index (χ2v) is 6.99. The first-order valence-electron chi connectivity index (χ1n) is 7.50. The molecule has 5 heteroatoms. The normalized spacial score (nSPS) is 17.7. The van der Waals surface area contributed by atoms with Gasteiger partial charge in [-0.15, -0.1) is 11.3 Å². The van der Waals surface area contributed by atoms with E-state index >= 15 is 0 Å². The van der Waals surface area contributed by atoms with E-state index in [-0.39, 0.29) is 5.56 Å². The van der Waals surface area contributed by atoms with Crippen molar-refractivity contribution in [3.05, 3.63) is 26.6 Å². The summed E-state index contributed by atoms with van der Waals surface area (Å²) in [6, 6.07) is 2.13. The molecule has 0 N–H and O–H groups in total. The van der Waals surface area contributed by atoms with Crippen molar-refractivity contribution in [3.8, 4) is 6.07 Å². The van der Waals surface area contributed by atoms with Crippen LogP contribution in [0.15, 0.2) is 4.79 Å². The van der Waals surface area contributed by atoms with E-state index in [9.17, 15) is 4.79 Å². The van der Waals surface area contributed by atoms with Crippen LogP contribution in [0.4, 0.5) is 0 Å². The van der Waals surface area contributed by atoms with Gasteiger partial charge >= 0.3 is 0 Å². The van der Waals surface area contributed by atoms with Gasteiger partial charge in [-0.2, -0.15) is 5.26 Å². The van der Waals surface area contributed by atoms with E-state index < -0.39 is 0 Å². The van der Waals surface area contributed by atoms with Crippen LogP contribution in [0, 0.1) is 24.2 Å². The van der Waals surface area contributed by atoms with E-state index in [1.54, 1.807) is 15.9 Å². The average molecular weight is 301 g/mol. The van der Waals surface area contributed by atoms with Gasteiger partial charge in [0.25, 0.3) is 5.56 Å². The number of hydrogen-bond donors (Lipinski definition) is 0. The molecule has 2 heterocycles. The number of nitriles is 1. The summed E-state index contributed by atoms with van der Waals surface area (Å²) in [5.74, 6) is 1.46. The largest absolute Gasteiger partial charge is 0.296 e. The van der Waals surface area contributed by atoms with Gasteiger partial charge in [-0.1, -0.05) is 6.92 Å². The smallest absolute Gasteiger partial charge is 0.262 e. The maximum Gasteiger partial charge on any atom is 0.262 e. The van der Waals surface area contributed by atoms with Gasteiger partial charge in [0.15, 0.2) is 0 Å². The zero-order valence-corrected chi connectivity index (χ0v) is 13.3. The molecule has 3 rings (SSSR count). The van der Waals surface area contributed by atoms with Gasteiger partial charge in [-0.05, 0) is 44.1 Å². The molecule has 1 aliphatic carbocycles. The minimum absolute atomic E-state index is 0.0856. The summed E-state index contributed by atoms with van der Waals surface area (Å²) in [6.07, 6.45) is 4.40. The van der Waals surface area contributed by atoms with Gasteiger partial charge in [0.05, 0.1) is 11.5 Å². The van der Waals surface area contributed by atoms with Crippen molar-refractivity contribution in [1.29, 1.82) is 5.26 Å². The molecular weight excluding hydrogens is 282 g/mol. The molecule has 1 unspecified atom stereocenters. The molecule has 0 amide bonds. The highest BCUT2D eigenvalue weighted by Gasteiger charge is 2.23. The Morgan fingerprint density at radius 2 is 2.33 bits per heavy atom. The molecule has 0 spiro atoms. The van der Waals surface area contributed by atoms with E-state index in [1.165, 1.54) is 10.4 Å². The van der Waals surface area contributed by atoms with Crippen LogP contribution in [0.2, 0.25) is 0 Å². The highest BCUT2D eigenvalue weighted by Crippen LogP contribution is 2.35. The van der Waals surface area contributed by atoms with Crippen molar-refractivity contribution in [3.63, 3.8) is 0 Å². The Morgan fingerprint density at radius 3 is 3.10 bits per heavy atom. The first-order valence-corrected chi connectivity index (χ1v) is 8.32. The van der Waals surface area contributed by atoms with Gasteiger partial charge in [0.2, 0.25) is 0 Å². The first kappa shape index (κ1) is 14.3. The zero-order chi connectivity index (χ0) is 15.0. The number of hydrogen-bond acceptors (Lipinski definition) is 4. The molecule has 0 aromatic carbocycles. The van der Waals surface area contributed by atoms with Gasteiger partial charge in [0, 0.05) is 17.8 Å². The lowest BCUT2D eigenvalue weighted by Gasteiger charge is -2.17. The van der Waals surface area contributed by atoms with Gasteiger partial charge in [0.1, 0.15) is 10.7 Å². The third kappa shape index (κ3) is 2.49. The average Bonchev–Trinajstić information content (AvgIpc) is 2.79. The molecule has 110 valence electrons. The highest BCUT2D eigenvalue weighted by molar-refractivity contribution is 7.18. The zero-order valence-electron chi connectivity index (χ0n) is 12.5. The lowest BCUT2D eigenvalue weighted by atomic mass is 9.89. The predicted octanol–water partition coefficient (Wildman–Crippen LogP) is 3.20. The van der Waals surface area contributed by atoms with E-state index in [0.717, 1.165) is 35.3 Å². The van der Waals surface area contributed by atoms with Crippen LogP contribution in [-0.2, 0) is 19.4 Å². The molecule has 4 nitrogen and oxygen atoms in total. The number of unbranched alkanes of at least 4 members (excludes halogenated alkanes) is 1. The molecule has 1 aliphatic rings. The summed E-state index contributed by atoms with van der Waals surface area (Å²) in [6.45, 7) is 4.74. The Morgan fingerprint density at radius 1 is 1.52 bits per heavy atom. The molecule has 2 aromatic heterocycles. The topological polar surface area (TPSA) is 58.7 Å². The second-order valence-electron chi connectivity index (χ2n) is 5.91. The van der Waals surface area contributed by atoms with Crippen LogP contribution in [0.3, 0.4) is 0 Å². The second kappa shape index (κ2) is 5.61. The lowest BCUT2D eigenvalue weighted by Crippen LogP contribution is -2.24. The Kier molecular flexibility index (Phi) is 3.81. The van der Waals surface area contributed by atoms with Crippen LogP contribution in [-0.4, -0.2) is 9.55 Å². The van der Waals surface area contributed by atoms with E-state index in [4.69, 9.17) is 5.26 Å². The quantitative estimate of drug-likeness (QED) is 0.818. The number of fused-ring (bicyclic) bond motifs is 3. The molecule has 0 fully saturated rings. The summed E-state index contributed by atoms with van der Waals surface area (Å²) in [7, 11) is 0. The Labute approximate surface area is 128 Å². The summed E-state index contributed by atoms with van der Waals surface area (Å²) >= 11 is 1.69. The number of thiophene rings is 1. The summed E-state index contributed by atoms with van der Waals surface area (Å²) in [4.78, 5) is 19.7. The summed E-state index contributed by atoms with van der Waals surface area (Å²) in [5.41, 5.74) is 1.32. The maximum absolute atomic E-state index is 12.8. The number of nitrogens with zero attached hydrogens (tertiary/aromatic N) is 3. The molecule has 0 radical (unpaired) electrons. The van der Waals surface area contributed by atoms with E-state index in [1.807, 2.05) is 6.92 Å². The fraction of sp³-hybridized carbons (Fsp3) is 0.562. The Hall–Kier alpha value is -1.67. The maximum atomic E-state index is 12.8. The van der Waals surface area contributed by atoms with Crippen LogP contribution in [0.25, 0.3) is 10.2 Å². The molecule has 1 atom stereocenters. The van der Waals surface area contributed by atoms with Crippen LogP contribution in [0.1, 0.15) is 42.5 Å². The van der Waals surface area contributed by atoms with Crippen molar-refractivity contribution in [1.82, 2.24) is 9.55 Å². The van der Waals surface area contributed by atoms with Crippen LogP contribution < -0.4 is 5.56 Å². The van der Waals surface area contributed by atoms with Crippen molar-refractivity contribution < 1.29 is 0 Å². The molecule has 0 saturated heterocycles. The third-order valence-corrected chi connectivity index (χ3v) is 5.42. The van der Waals surface area contributed by atoms with Gasteiger partial charge in [-0.3, -0.25) is 9.36 Å². The number of aromatic nitrogens is 2. The molecule has 2 aromatic rings. The monoisotopic (exact) mass is 301 g/mol. The predicted molar refractivity (Wildman–Crippen MR) is 84.7 cm³/mol. The van der Waals surface area contributed by atoms with Crippen molar-refractivity contribution in [2.75, 3.05) is 0 Å².